The Kier molecular flexibility index (Phi) is 4.35. The summed E-state index contributed by atoms with van der Waals surface area (Å²) in [7, 11) is 0. The molecule has 0 spiro atoms. The third-order valence-electron chi connectivity index (χ3n) is 3.68. The Morgan fingerprint density at radius 1 is 0.913 bits per heavy atom. The molecule has 0 fully saturated rings. The smallest absolute Gasteiger partial charge is 0.268 e. The summed E-state index contributed by atoms with van der Waals surface area (Å²) < 4.78 is 0. The maximum absolute atomic E-state index is 12.9. The van der Waals surface area contributed by atoms with Gasteiger partial charge in [0.25, 0.3) is 11.8 Å². The van der Waals surface area contributed by atoms with Crippen molar-refractivity contribution in [2.24, 2.45) is 0 Å². The lowest BCUT2D eigenvalue weighted by Crippen LogP contribution is -2.31. The van der Waals surface area contributed by atoms with Gasteiger partial charge in [0.2, 0.25) is 0 Å². The van der Waals surface area contributed by atoms with E-state index in [1.54, 1.807) is 0 Å². The Hall–Kier alpha value is -2.33. The molecular weight excluding hydrogens is 306 g/mol. The lowest BCUT2D eigenvalue weighted by molar-refractivity contribution is -0.119. The van der Waals surface area contributed by atoms with Crippen LogP contribution in [0.1, 0.15) is 18.1 Å². The number of aryl methyl sites for hydroxylation is 1. The summed E-state index contributed by atoms with van der Waals surface area (Å²) in [4.78, 5) is 27.5. The minimum Gasteiger partial charge on any atom is -0.268 e. The maximum atomic E-state index is 12.9. The lowest BCUT2D eigenvalue weighted by Gasteiger charge is -2.15. The van der Waals surface area contributed by atoms with Crippen LogP contribution in [-0.4, -0.2) is 17.6 Å². The molecule has 0 atom stereocenters. The monoisotopic (exact) mass is 323 g/mol. The van der Waals surface area contributed by atoms with Crippen LogP contribution in [0, 0.1) is 6.92 Å². The zero-order chi connectivity index (χ0) is 16.4. The van der Waals surface area contributed by atoms with Crippen molar-refractivity contribution >= 4 is 34.8 Å². The number of hydrogen-bond acceptors (Lipinski definition) is 3. The summed E-state index contributed by atoms with van der Waals surface area (Å²) >= 11 is 1.42. The predicted molar refractivity (Wildman–Crippen MR) is 95.2 cm³/mol. The van der Waals surface area contributed by atoms with Gasteiger partial charge in [0.1, 0.15) is 0 Å². The predicted octanol–water partition coefficient (Wildman–Crippen LogP) is 4.03. The van der Waals surface area contributed by atoms with Crippen LogP contribution >= 0.6 is 11.8 Å². The molecular formula is C19H17NO2S. The van der Waals surface area contributed by atoms with E-state index in [-0.39, 0.29) is 11.8 Å². The normalized spacial score (nSPS) is 14.8. The summed E-state index contributed by atoms with van der Waals surface area (Å²) in [5, 5.41) is 0. The molecule has 23 heavy (non-hydrogen) atoms. The molecule has 0 saturated carbocycles. The van der Waals surface area contributed by atoms with E-state index in [2.05, 4.69) is 0 Å². The number of hydrogen-bond donors (Lipinski definition) is 0. The first-order valence-corrected chi connectivity index (χ1v) is 8.50. The number of carbonyl (C=O) groups is 2. The average Bonchev–Trinajstić information content (AvgIpc) is 2.81. The zero-order valence-electron chi connectivity index (χ0n) is 13.1. The van der Waals surface area contributed by atoms with Crippen LogP contribution in [0.25, 0.3) is 5.57 Å². The van der Waals surface area contributed by atoms with Crippen molar-refractivity contribution < 1.29 is 9.59 Å². The van der Waals surface area contributed by atoms with Crippen LogP contribution in [0.4, 0.5) is 5.69 Å². The molecule has 0 unspecified atom stereocenters. The Bertz CT molecular complexity index is 779. The fourth-order valence-corrected chi connectivity index (χ4v) is 3.43. The van der Waals surface area contributed by atoms with Crippen LogP contribution in [-0.2, 0) is 9.59 Å². The third-order valence-corrected chi connectivity index (χ3v) is 4.64. The van der Waals surface area contributed by atoms with Gasteiger partial charge in [0.05, 0.1) is 16.2 Å². The summed E-state index contributed by atoms with van der Waals surface area (Å²) in [6.07, 6.45) is 0. The van der Waals surface area contributed by atoms with Crippen molar-refractivity contribution in [2.75, 3.05) is 10.7 Å². The van der Waals surface area contributed by atoms with E-state index in [0.29, 0.717) is 16.2 Å². The van der Waals surface area contributed by atoms with Gasteiger partial charge in [-0.15, -0.1) is 11.8 Å². The Morgan fingerprint density at radius 3 is 2.17 bits per heavy atom. The fourth-order valence-electron chi connectivity index (χ4n) is 2.58. The Labute approximate surface area is 140 Å². The Morgan fingerprint density at radius 2 is 1.57 bits per heavy atom. The molecule has 0 N–H and O–H groups in total. The van der Waals surface area contributed by atoms with E-state index in [4.69, 9.17) is 0 Å². The van der Waals surface area contributed by atoms with Gasteiger partial charge in [-0.1, -0.05) is 55.0 Å². The molecule has 116 valence electrons. The second kappa shape index (κ2) is 6.42. The molecule has 0 aromatic heterocycles. The van der Waals surface area contributed by atoms with E-state index in [1.165, 1.54) is 16.7 Å². The van der Waals surface area contributed by atoms with Crippen molar-refractivity contribution in [3.63, 3.8) is 0 Å². The van der Waals surface area contributed by atoms with Crippen LogP contribution < -0.4 is 4.90 Å². The van der Waals surface area contributed by atoms with E-state index in [9.17, 15) is 9.59 Å². The maximum Gasteiger partial charge on any atom is 0.272 e. The number of imide groups is 1. The first kappa shape index (κ1) is 15.6. The van der Waals surface area contributed by atoms with E-state index >= 15 is 0 Å². The molecule has 0 bridgehead atoms. The SMILES string of the molecule is CCSC1=C(c2ccccc2)C(=O)N(c2ccc(C)cc2)C1=O. The molecule has 0 aliphatic carbocycles. The van der Waals surface area contributed by atoms with Crippen LogP contribution in [0.15, 0.2) is 59.5 Å². The number of amides is 2. The molecule has 1 aliphatic rings. The number of carbonyl (C=O) groups excluding carboxylic acids is 2. The minimum atomic E-state index is -0.249. The summed E-state index contributed by atoms with van der Waals surface area (Å²) in [5.41, 5.74) is 3.00. The fraction of sp³-hybridized carbons (Fsp3) is 0.158. The van der Waals surface area contributed by atoms with Crippen molar-refractivity contribution in [3.05, 3.63) is 70.6 Å². The van der Waals surface area contributed by atoms with Gasteiger partial charge in [0, 0.05) is 0 Å². The third kappa shape index (κ3) is 2.82. The molecule has 3 rings (SSSR count). The standard InChI is InChI=1S/C19H17NO2S/c1-3-23-17-16(14-7-5-4-6-8-14)18(21)20(19(17)22)15-11-9-13(2)10-12-15/h4-12H,3H2,1-2H3. The highest BCUT2D eigenvalue weighted by atomic mass is 32.2. The first-order chi connectivity index (χ1) is 11.1. The van der Waals surface area contributed by atoms with Gasteiger partial charge in [-0.05, 0) is 30.4 Å². The second-order valence-corrected chi connectivity index (χ2v) is 6.56. The largest absolute Gasteiger partial charge is 0.272 e. The molecule has 4 heteroatoms. The first-order valence-electron chi connectivity index (χ1n) is 7.51. The van der Waals surface area contributed by atoms with Crippen LogP contribution in [0.5, 0.6) is 0 Å². The quantitative estimate of drug-likeness (QED) is 0.797. The number of thioether (sulfide) groups is 1. The van der Waals surface area contributed by atoms with Gasteiger partial charge in [-0.2, -0.15) is 0 Å². The number of rotatable bonds is 4. The zero-order valence-corrected chi connectivity index (χ0v) is 13.9. The van der Waals surface area contributed by atoms with Crippen molar-refractivity contribution in [2.45, 2.75) is 13.8 Å². The van der Waals surface area contributed by atoms with Crippen LogP contribution in [0.3, 0.4) is 0 Å². The van der Waals surface area contributed by atoms with Crippen molar-refractivity contribution in [1.82, 2.24) is 0 Å². The Balaban J connectivity index is 2.08. The van der Waals surface area contributed by atoms with Gasteiger partial charge in [-0.25, -0.2) is 4.90 Å². The lowest BCUT2D eigenvalue weighted by atomic mass is 10.1. The highest BCUT2D eigenvalue weighted by Crippen LogP contribution is 2.38. The summed E-state index contributed by atoms with van der Waals surface area (Å²) in [6, 6.07) is 16.8. The number of anilines is 1. The minimum absolute atomic E-state index is 0.232. The van der Waals surface area contributed by atoms with Crippen LogP contribution in [0.2, 0.25) is 0 Å². The number of nitrogens with zero attached hydrogens (tertiary/aromatic N) is 1. The average molecular weight is 323 g/mol. The topological polar surface area (TPSA) is 37.4 Å². The van der Waals surface area contributed by atoms with Gasteiger partial charge >= 0.3 is 0 Å². The van der Waals surface area contributed by atoms with Gasteiger partial charge in [0.15, 0.2) is 0 Å². The highest BCUT2D eigenvalue weighted by molar-refractivity contribution is 8.04. The molecule has 1 aliphatic heterocycles. The molecule has 1 heterocycles. The van der Waals surface area contributed by atoms with E-state index < -0.39 is 0 Å². The van der Waals surface area contributed by atoms with Gasteiger partial charge in [-0.3, -0.25) is 9.59 Å². The van der Waals surface area contributed by atoms with Gasteiger partial charge < -0.3 is 0 Å². The summed E-state index contributed by atoms with van der Waals surface area (Å²) in [5.74, 6) is 0.262. The number of benzene rings is 2. The molecule has 0 radical (unpaired) electrons. The highest BCUT2D eigenvalue weighted by Gasteiger charge is 2.39. The van der Waals surface area contributed by atoms with Crippen molar-refractivity contribution in [3.8, 4) is 0 Å². The van der Waals surface area contributed by atoms with Crippen molar-refractivity contribution in [1.29, 1.82) is 0 Å². The van der Waals surface area contributed by atoms with E-state index in [1.807, 2.05) is 68.4 Å². The molecule has 0 saturated heterocycles. The second-order valence-electron chi connectivity index (χ2n) is 5.28. The summed E-state index contributed by atoms with van der Waals surface area (Å²) in [6.45, 7) is 3.95. The van der Waals surface area contributed by atoms with E-state index in [0.717, 1.165) is 16.9 Å². The molecule has 3 nitrogen and oxygen atoms in total. The molecule has 2 aromatic carbocycles. The molecule has 2 amide bonds. The molecule has 2 aromatic rings.